The van der Waals surface area contributed by atoms with Crippen LogP contribution in [0.5, 0.6) is 5.75 Å². The number of benzene rings is 1. The van der Waals surface area contributed by atoms with Crippen molar-refractivity contribution in [1.29, 1.82) is 5.26 Å². The Bertz CT molecular complexity index is 733. The maximum Gasteiger partial charge on any atom is 0.233 e. The van der Waals surface area contributed by atoms with Gasteiger partial charge in [-0.25, -0.2) is 16.8 Å². The van der Waals surface area contributed by atoms with Crippen molar-refractivity contribution in [3.8, 4) is 11.8 Å². The number of hydrogen-bond acceptors (Lipinski definition) is 6. The van der Waals surface area contributed by atoms with Crippen molar-refractivity contribution in [3.63, 3.8) is 0 Å². The highest BCUT2D eigenvalue weighted by Crippen LogP contribution is 2.26. The number of nitrogens with zero attached hydrogens (tertiary/aromatic N) is 1. The molecule has 1 rings (SSSR count). The van der Waals surface area contributed by atoms with E-state index in [1.807, 2.05) is 6.07 Å². The van der Waals surface area contributed by atoms with Crippen LogP contribution in [0.3, 0.4) is 0 Å². The minimum Gasteiger partial charge on any atom is -0.495 e. The Morgan fingerprint density at radius 1 is 1.25 bits per heavy atom. The molecule has 9 heteroatoms. The first kappa shape index (κ1) is 16.3. The number of anilines is 1. The van der Waals surface area contributed by atoms with E-state index < -0.39 is 31.4 Å². The van der Waals surface area contributed by atoms with Crippen molar-refractivity contribution in [1.82, 2.24) is 0 Å². The van der Waals surface area contributed by atoms with Gasteiger partial charge in [0, 0.05) is 12.3 Å². The molecule has 0 aliphatic heterocycles. The van der Waals surface area contributed by atoms with E-state index in [9.17, 15) is 16.8 Å². The summed E-state index contributed by atoms with van der Waals surface area (Å²) in [5.41, 5.74) is 0.473. The SMILES string of the molecule is COc1cc(C#N)ccc1NS(=O)(=O)CCS(C)(=O)=O. The average molecular weight is 318 g/mol. The van der Waals surface area contributed by atoms with Crippen LogP contribution in [0.2, 0.25) is 0 Å². The predicted molar refractivity (Wildman–Crippen MR) is 74.8 cm³/mol. The van der Waals surface area contributed by atoms with Crippen molar-refractivity contribution in [2.45, 2.75) is 0 Å². The summed E-state index contributed by atoms with van der Waals surface area (Å²) < 4.78 is 52.7. The average Bonchev–Trinajstić information content (AvgIpc) is 2.36. The number of ether oxygens (including phenoxy) is 1. The molecule has 0 amide bonds. The van der Waals surface area contributed by atoms with E-state index in [1.54, 1.807) is 0 Å². The van der Waals surface area contributed by atoms with E-state index in [1.165, 1.54) is 25.3 Å². The minimum atomic E-state index is -3.81. The summed E-state index contributed by atoms with van der Waals surface area (Å²) in [6.07, 6.45) is 0.963. The maximum atomic E-state index is 11.8. The normalized spacial score (nSPS) is 11.7. The summed E-state index contributed by atoms with van der Waals surface area (Å²) in [7, 11) is -5.84. The van der Waals surface area contributed by atoms with Crippen LogP contribution < -0.4 is 9.46 Å². The summed E-state index contributed by atoms with van der Waals surface area (Å²) in [4.78, 5) is 0. The van der Waals surface area contributed by atoms with Crippen LogP contribution in [-0.4, -0.2) is 41.7 Å². The first-order valence-electron chi connectivity index (χ1n) is 5.43. The molecular formula is C11H14N2O5S2. The van der Waals surface area contributed by atoms with Crippen LogP contribution in [0.25, 0.3) is 0 Å². The third-order valence-electron chi connectivity index (χ3n) is 2.32. The Kier molecular flexibility index (Phi) is 4.97. The van der Waals surface area contributed by atoms with Gasteiger partial charge in [0.2, 0.25) is 10.0 Å². The fourth-order valence-corrected chi connectivity index (χ4v) is 4.02. The molecule has 20 heavy (non-hydrogen) atoms. The number of nitrogens with one attached hydrogen (secondary N) is 1. The van der Waals surface area contributed by atoms with E-state index in [0.29, 0.717) is 5.56 Å². The Balaban J connectivity index is 2.95. The van der Waals surface area contributed by atoms with Gasteiger partial charge in [-0.1, -0.05) is 0 Å². The Morgan fingerprint density at radius 3 is 2.40 bits per heavy atom. The number of sulfonamides is 1. The van der Waals surface area contributed by atoms with Crippen molar-refractivity contribution < 1.29 is 21.6 Å². The second-order valence-electron chi connectivity index (χ2n) is 4.08. The number of rotatable bonds is 6. The molecule has 1 aromatic rings. The molecule has 0 fully saturated rings. The Hall–Kier alpha value is -1.79. The Morgan fingerprint density at radius 2 is 1.90 bits per heavy atom. The molecule has 0 radical (unpaired) electrons. The van der Waals surface area contributed by atoms with Crippen LogP contribution in [0.15, 0.2) is 18.2 Å². The summed E-state index contributed by atoms with van der Waals surface area (Å²) in [5.74, 6) is -0.831. The summed E-state index contributed by atoms with van der Waals surface area (Å²) >= 11 is 0. The van der Waals surface area contributed by atoms with E-state index in [4.69, 9.17) is 10.00 Å². The largest absolute Gasteiger partial charge is 0.495 e. The number of methoxy groups -OCH3 is 1. The Labute approximate surface area is 118 Å². The fourth-order valence-electron chi connectivity index (χ4n) is 1.32. The highest BCUT2D eigenvalue weighted by molar-refractivity contribution is 7.95. The van der Waals surface area contributed by atoms with Crippen molar-refractivity contribution >= 4 is 25.5 Å². The van der Waals surface area contributed by atoms with Gasteiger partial charge in [-0.05, 0) is 12.1 Å². The lowest BCUT2D eigenvalue weighted by Gasteiger charge is -2.11. The summed E-state index contributed by atoms with van der Waals surface area (Å²) in [6.45, 7) is 0. The van der Waals surface area contributed by atoms with Gasteiger partial charge in [0.05, 0.1) is 35.9 Å². The molecule has 0 bridgehead atoms. The smallest absolute Gasteiger partial charge is 0.233 e. The summed E-state index contributed by atoms with van der Waals surface area (Å²) in [5, 5.41) is 8.74. The molecule has 0 saturated heterocycles. The van der Waals surface area contributed by atoms with Gasteiger partial charge < -0.3 is 4.74 Å². The zero-order valence-corrected chi connectivity index (χ0v) is 12.6. The molecule has 0 heterocycles. The fraction of sp³-hybridized carbons (Fsp3) is 0.364. The molecule has 1 N–H and O–H groups in total. The lowest BCUT2D eigenvalue weighted by molar-refractivity contribution is 0.416. The van der Waals surface area contributed by atoms with Gasteiger partial charge in [0.15, 0.2) is 0 Å². The molecule has 0 aliphatic rings. The third-order valence-corrected chi connectivity index (χ3v) is 4.80. The molecular weight excluding hydrogens is 304 g/mol. The van der Waals surface area contributed by atoms with Crippen molar-refractivity contribution in [2.75, 3.05) is 29.6 Å². The molecule has 0 atom stereocenters. The molecule has 0 aromatic heterocycles. The van der Waals surface area contributed by atoms with Gasteiger partial charge in [-0.2, -0.15) is 5.26 Å². The predicted octanol–water partition coefficient (Wildman–Crippen LogP) is 0.353. The van der Waals surface area contributed by atoms with E-state index >= 15 is 0 Å². The zero-order chi connectivity index (χ0) is 15.4. The molecule has 0 spiro atoms. The summed E-state index contributed by atoms with van der Waals surface area (Å²) in [6, 6.07) is 6.10. The van der Waals surface area contributed by atoms with Gasteiger partial charge in [-0.15, -0.1) is 0 Å². The van der Waals surface area contributed by atoms with Gasteiger partial charge in [0.25, 0.3) is 0 Å². The van der Waals surface area contributed by atoms with Crippen molar-refractivity contribution in [2.24, 2.45) is 0 Å². The first-order chi connectivity index (χ1) is 9.17. The second-order valence-corrected chi connectivity index (χ2v) is 8.18. The molecule has 110 valence electrons. The monoisotopic (exact) mass is 318 g/mol. The molecule has 1 aromatic carbocycles. The molecule has 7 nitrogen and oxygen atoms in total. The van der Waals surface area contributed by atoms with Crippen LogP contribution in [0.1, 0.15) is 5.56 Å². The maximum absolute atomic E-state index is 11.8. The van der Waals surface area contributed by atoms with Crippen LogP contribution in [0, 0.1) is 11.3 Å². The number of hydrogen-bond donors (Lipinski definition) is 1. The molecule has 0 unspecified atom stereocenters. The van der Waals surface area contributed by atoms with Crippen LogP contribution >= 0.6 is 0 Å². The van der Waals surface area contributed by atoms with Crippen LogP contribution in [-0.2, 0) is 19.9 Å². The zero-order valence-electron chi connectivity index (χ0n) is 11.0. The molecule has 0 aliphatic carbocycles. The van der Waals surface area contributed by atoms with E-state index in [0.717, 1.165) is 6.26 Å². The molecule has 0 saturated carbocycles. The minimum absolute atomic E-state index is 0.153. The quantitative estimate of drug-likeness (QED) is 0.810. The third kappa shape index (κ3) is 5.07. The number of nitriles is 1. The number of sulfone groups is 1. The highest BCUT2D eigenvalue weighted by atomic mass is 32.2. The van der Waals surface area contributed by atoms with E-state index in [2.05, 4.69) is 4.72 Å². The van der Waals surface area contributed by atoms with Gasteiger partial charge >= 0.3 is 0 Å². The standard InChI is InChI=1S/C11H14N2O5S2/c1-18-11-7-9(8-12)3-4-10(11)13-20(16,17)6-5-19(2,14)15/h3-4,7,13H,5-6H2,1-2H3. The first-order valence-corrected chi connectivity index (χ1v) is 9.14. The highest BCUT2D eigenvalue weighted by Gasteiger charge is 2.16. The van der Waals surface area contributed by atoms with E-state index in [-0.39, 0.29) is 11.4 Å². The van der Waals surface area contributed by atoms with Crippen LogP contribution in [0.4, 0.5) is 5.69 Å². The lowest BCUT2D eigenvalue weighted by atomic mass is 10.2. The van der Waals surface area contributed by atoms with Crippen molar-refractivity contribution in [3.05, 3.63) is 23.8 Å². The lowest BCUT2D eigenvalue weighted by Crippen LogP contribution is -2.22. The topological polar surface area (TPSA) is 113 Å². The van der Waals surface area contributed by atoms with Gasteiger partial charge in [-0.3, -0.25) is 4.72 Å². The van der Waals surface area contributed by atoms with Gasteiger partial charge in [0.1, 0.15) is 15.6 Å². The second kappa shape index (κ2) is 6.11.